The molecule has 0 radical (unpaired) electrons. The van der Waals surface area contributed by atoms with Crippen LogP contribution < -0.4 is 5.32 Å². The van der Waals surface area contributed by atoms with Crippen LogP contribution in [0.4, 0.5) is 4.39 Å². The normalized spacial score (nSPS) is 10.7. The Morgan fingerprint density at radius 1 is 1.11 bits per heavy atom. The number of para-hydroxylation sites is 1. The minimum Gasteiger partial charge on any atom is -0.361 e. The van der Waals surface area contributed by atoms with Gasteiger partial charge in [-0.2, -0.15) is 0 Å². The molecule has 6 heteroatoms. The molecule has 1 aromatic heterocycles. The molecule has 0 aliphatic heterocycles. The molecule has 0 bridgehead atoms. The zero-order valence-electron chi connectivity index (χ0n) is 15.2. The monoisotopic (exact) mass is 367 g/mol. The van der Waals surface area contributed by atoms with Gasteiger partial charge in [0.2, 0.25) is 11.8 Å². The van der Waals surface area contributed by atoms with Crippen molar-refractivity contribution in [1.82, 2.24) is 15.2 Å². The van der Waals surface area contributed by atoms with Crippen LogP contribution in [0.5, 0.6) is 0 Å². The van der Waals surface area contributed by atoms with Gasteiger partial charge in [-0.25, -0.2) is 4.39 Å². The van der Waals surface area contributed by atoms with Gasteiger partial charge < -0.3 is 15.2 Å². The summed E-state index contributed by atoms with van der Waals surface area (Å²) >= 11 is 0. The topological polar surface area (TPSA) is 65.2 Å². The van der Waals surface area contributed by atoms with Crippen LogP contribution in [0.25, 0.3) is 10.9 Å². The maximum Gasteiger partial charge on any atom is 0.239 e. The Bertz CT molecular complexity index is 934. The number of benzene rings is 2. The molecule has 0 atom stereocenters. The summed E-state index contributed by atoms with van der Waals surface area (Å²) in [5.74, 6) is -0.655. The highest BCUT2D eigenvalue weighted by molar-refractivity contribution is 5.90. The average molecular weight is 367 g/mol. The van der Waals surface area contributed by atoms with E-state index in [2.05, 4.69) is 10.3 Å². The molecular weight excluding hydrogens is 345 g/mol. The molecule has 140 valence electrons. The molecule has 0 fully saturated rings. The highest BCUT2D eigenvalue weighted by Gasteiger charge is 2.17. The first-order chi connectivity index (χ1) is 13.1. The highest BCUT2D eigenvalue weighted by Crippen LogP contribution is 2.18. The number of aromatic amines is 1. The molecule has 0 saturated heterocycles. The minimum absolute atomic E-state index is 0.00111. The van der Waals surface area contributed by atoms with Gasteiger partial charge in [0.1, 0.15) is 5.82 Å². The van der Waals surface area contributed by atoms with Crippen molar-refractivity contribution >= 4 is 22.7 Å². The number of carbonyl (C=O) groups is 2. The van der Waals surface area contributed by atoms with Crippen LogP contribution in [0.3, 0.4) is 0 Å². The maximum absolute atomic E-state index is 12.9. The summed E-state index contributed by atoms with van der Waals surface area (Å²) in [4.78, 5) is 29.5. The summed E-state index contributed by atoms with van der Waals surface area (Å²) in [5.41, 5.74) is 2.71. The second-order valence-electron chi connectivity index (χ2n) is 6.35. The van der Waals surface area contributed by atoms with Crippen LogP contribution in [-0.4, -0.2) is 34.8 Å². The Kier molecular flexibility index (Phi) is 5.86. The predicted octanol–water partition coefficient (Wildman–Crippen LogP) is 3.01. The fourth-order valence-electron chi connectivity index (χ4n) is 2.96. The number of H-pyrrole nitrogens is 1. The van der Waals surface area contributed by atoms with Crippen LogP contribution >= 0.6 is 0 Å². The van der Waals surface area contributed by atoms with Crippen LogP contribution in [0.15, 0.2) is 54.7 Å². The lowest BCUT2D eigenvalue weighted by Crippen LogP contribution is -2.41. The second-order valence-corrected chi connectivity index (χ2v) is 6.35. The van der Waals surface area contributed by atoms with Gasteiger partial charge in [-0.3, -0.25) is 9.59 Å². The van der Waals surface area contributed by atoms with E-state index in [1.807, 2.05) is 37.4 Å². The number of amides is 2. The lowest BCUT2D eigenvalue weighted by atomic mass is 10.1. The first-order valence-corrected chi connectivity index (χ1v) is 8.90. The summed E-state index contributed by atoms with van der Waals surface area (Å²) in [5, 5.41) is 3.78. The van der Waals surface area contributed by atoms with Gasteiger partial charge in [-0.05, 0) is 36.2 Å². The molecule has 2 aromatic carbocycles. The van der Waals surface area contributed by atoms with E-state index in [1.54, 1.807) is 12.1 Å². The van der Waals surface area contributed by atoms with E-state index in [0.717, 1.165) is 22.0 Å². The minimum atomic E-state index is -0.315. The predicted molar refractivity (Wildman–Crippen MR) is 103 cm³/mol. The third-order valence-corrected chi connectivity index (χ3v) is 4.49. The molecule has 3 aromatic rings. The van der Waals surface area contributed by atoms with Crippen molar-refractivity contribution in [3.63, 3.8) is 0 Å². The van der Waals surface area contributed by atoms with Crippen LogP contribution in [-0.2, 0) is 22.6 Å². The number of hydrogen-bond acceptors (Lipinski definition) is 2. The van der Waals surface area contributed by atoms with Gasteiger partial charge in [0, 0.05) is 30.2 Å². The van der Waals surface area contributed by atoms with Crippen molar-refractivity contribution < 1.29 is 14.0 Å². The Hall–Kier alpha value is -3.15. The van der Waals surface area contributed by atoms with E-state index in [9.17, 15) is 14.0 Å². The van der Waals surface area contributed by atoms with Gasteiger partial charge in [0.15, 0.2) is 0 Å². The molecule has 0 saturated carbocycles. The number of nitrogens with one attached hydrogen (secondary N) is 2. The molecule has 0 aliphatic carbocycles. The number of rotatable bonds is 7. The number of fused-ring (bicyclic) bond motifs is 1. The second kappa shape index (κ2) is 8.49. The van der Waals surface area contributed by atoms with Gasteiger partial charge in [-0.15, -0.1) is 0 Å². The number of carbonyl (C=O) groups excluding carboxylic acids is 2. The molecule has 0 spiro atoms. The molecule has 1 heterocycles. The van der Waals surface area contributed by atoms with E-state index in [4.69, 9.17) is 0 Å². The fourth-order valence-corrected chi connectivity index (χ4v) is 2.96. The molecule has 2 N–H and O–H groups in total. The molecule has 0 aliphatic rings. The summed E-state index contributed by atoms with van der Waals surface area (Å²) in [7, 11) is 0. The summed E-state index contributed by atoms with van der Waals surface area (Å²) in [6, 6.07) is 13.8. The van der Waals surface area contributed by atoms with E-state index in [1.165, 1.54) is 17.0 Å². The van der Waals surface area contributed by atoms with E-state index >= 15 is 0 Å². The SMILES string of the molecule is CCN(CC(=O)NCc1ccc(F)cc1)C(=O)Cc1c[nH]c2ccccc12. The number of nitrogens with zero attached hydrogens (tertiary/aromatic N) is 1. The number of hydrogen-bond donors (Lipinski definition) is 2. The molecule has 2 amide bonds. The first-order valence-electron chi connectivity index (χ1n) is 8.90. The zero-order chi connectivity index (χ0) is 19.2. The lowest BCUT2D eigenvalue weighted by Gasteiger charge is -2.20. The first kappa shape index (κ1) is 18.6. The van der Waals surface area contributed by atoms with Crippen molar-refractivity contribution in [3.05, 3.63) is 71.7 Å². The maximum atomic E-state index is 12.9. The third kappa shape index (κ3) is 4.73. The Morgan fingerprint density at radius 3 is 2.59 bits per heavy atom. The van der Waals surface area contributed by atoms with Crippen molar-refractivity contribution in [2.45, 2.75) is 19.9 Å². The molecule has 3 rings (SSSR count). The number of aromatic nitrogens is 1. The number of likely N-dealkylation sites (N-methyl/N-ethyl adjacent to an activating group) is 1. The van der Waals surface area contributed by atoms with E-state index < -0.39 is 0 Å². The van der Waals surface area contributed by atoms with E-state index in [0.29, 0.717) is 13.1 Å². The van der Waals surface area contributed by atoms with Crippen molar-refractivity contribution in [2.24, 2.45) is 0 Å². The average Bonchev–Trinajstić information content (AvgIpc) is 3.08. The van der Waals surface area contributed by atoms with Gasteiger partial charge in [0.25, 0.3) is 0 Å². The van der Waals surface area contributed by atoms with Crippen molar-refractivity contribution in [1.29, 1.82) is 0 Å². The van der Waals surface area contributed by atoms with Crippen molar-refractivity contribution in [2.75, 3.05) is 13.1 Å². The lowest BCUT2D eigenvalue weighted by molar-refractivity contribution is -0.135. The van der Waals surface area contributed by atoms with Gasteiger partial charge in [-0.1, -0.05) is 30.3 Å². The van der Waals surface area contributed by atoms with Gasteiger partial charge in [0.05, 0.1) is 13.0 Å². The standard InChI is InChI=1S/C21H22FN3O2/c1-2-25(14-20(26)24-12-15-7-9-17(22)10-8-15)21(27)11-16-13-23-19-6-4-3-5-18(16)19/h3-10,13,23H,2,11-12,14H2,1H3,(H,24,26). The Balaban J connectivity index is 1.56. The van der Waals surface area contributed by atoms with Gasteiger partial charge >= 0.3 is 0 Å². The smallest absolute Gasteiger partial charge is 0.239 e. The third-order valence-electron chi connectivity index (χ3n) is 4.49. The zero-order valence-corrected chi connectivity index (χ0v) is 15.2. The number of halogens is 1. The molecule has 27 heavy (non-hydrogen) atoms. The van der Waals surface area contributed by atoms with Crippen LogP contribution in [0.1, 0.15) is 18.1 Å². The quantitative estimate of drug-likeness (QED) is 0.674. The summed E-state index contributed by atoms with van der Waals surface area (Å²) in [6.07, 6.45) is 2.08. The summed E-state index contributed by atoms with van der Waals surface area (Å²) < 4.78 is 12.9. The molecule has 0 unspecified atom stereocenters. The van der Waals surface area contributed by atoms with E-state index in [-0.39, 0.29) is 30.6 Å². The largest absolute Gasteiger partial charge is 0.361 e. The Labute approximate surface area is 157 Å². The highest BCUT2D eigenvalue weighted by atomic mass is 19.1. The Morgan fingerprint density at radius 2 is 1.85 bits per heavy atom. The van der Waals surface area contributed by atoms with Crippen LogP contribution in [0.2, 0.25) is 0 Å². The molecule has 5 nitrogen and oxygen atoms in total. The summed E-state index contributed by atoms with van der Waals surface area (Å²) in [6.45, 7) is 2.59. The fraction of sp³-hybridized carbons (Fsp3) is 0.238. The molecular formula is C21H22FN3O2. The van der Waals surface area contributed by atoms with Crippen LogP contribution in [0, 0.1) is 5.82 Å². The van der Waals surface area contributed by atoms with Crippen molar-refractivity contribution in [3.8, 4) is 0 Å².